The molecular formula is C27H22N4O4. The second-order valence-electron chi connectivity index (χ2n) is 8.29. The summed E-state index contributed by atoms with van der Waals surface area (Å²) < 4.78 is 5.91. The van der Waals surface area contributed by atoms with E-state index in [1.54, 1.807) is 36.4 Å². The van der Waals surface area contributed by atoms with Crippen LogP contribution in [-0.2, 0) is 11.2 Å². The van der Waals surface area contributed by atoms with Gasteiger partial charge in [-0.1, -0.05) is 54.6 Å². The number of benzene rings is 3. The summed E-state index contributed by atoms with van der Waals surface area (Å²) in [6.07, 6.45) is -0.857. The largest absolute Gasteiger partial charge is 0.474 e. The number of hydrogen-bond donors (Lipinski definition) is 2. The minimum Gasteiger partial charge on any atom is -0.474 e. The number of nitrogens with zero attached hydrogens (tertiary/aromatic N) is 3. The second-order valence-corrected chi connectivity index (χ2v) is 8.29. The van der Waals surface area contributed by atoms with E-state index in [9.17, 15) is 20.0 Å². The molecule has 1 aliphatic rings. The van der Waals surface area contributed by atoms with Gasteiger partial charge in [-0.25, -0.2) is 4.79 Å². The van der Waals surface area contributed by atoms with Crippen LogP contribution in [0.15, 0.2) is 78.9 Å². The van der Waals surface area contributed by atoms with Crippen LogP contribution in [0.5, 0.6) is 5.75 Å². The Morgan fingerprint density at radius 3 is 2.11 bits per heavy atom. The highest BCUT2D eigenvalue weighted by Crippen LogP contribution is 2.29. The molecule has 0 radical (unpaired) electrons. The predicted molar refractivity (Wildman–Crippen MR) is 127 cm³/mol. The molecule has 1 fully saturated rings. The van der Waals surface area contributed by atoms with Crippen LogP contribution in [0.25, 0.3) is 11.1 Å². The van der Waals surface area contributed by atoms with Crippen LogP contribution >= 0.6 is 0 Å². The van der Waals surface area contributed by atoms with Gasteiger partial charge in [-0.3, -0.25) is 9.69 Å². The van der Waals surface area contributed by atoms with Crippen molar-refractivity contribution in [3.05, 3.63) is 90.0 Å². The lowest BCUT2D eigenvalue weighted by Gasteiger charge is -2.46. The minimum atomic E-state index is -1.39. The lowest BCUT2D eigenvalue weighted by molar-refractivity contribution is -0.150. The third-order valence-corrected chi connectivity index (χ3v) is 5.84. The number of rotatable bonds is 7. The highest BCUT2D eigenvalue weighted by atomic mass is 16.5. The average Bonchev–Trinajstić information content (AvgIpc) is 2.86. The monoisotopic (exact) mass is 466 g/mol. The van der Waals surface area contributed by atoms with E-state index < -0.39 is 23.6 Å². The summed E-state index contributed by atoms with van der Waals surface area (Å²) in [6.45, 7) is -0.249. The van der Waals surface area contributed by atoms with Gasteiger partial charge >= 0.3 is 6.09 Å². The Morgan fingerprint density at radius 2 is 1.57 bits per heavy atom. The molecule has 0 unspecified atom stereocenters. The highest BCUT2D eigenvalue weighted by molar-refractivity contribution is 5.89. The van der Waals surface area contributed by atoms with Gasteiger partial charge in [0.15, 0.2) is 0 Å². The topological polar surface area (TPSA) is 126 Å². The number of amides is 2. The highest BCUT2D eigenvalue weighted by Gasteiger charge is 2.54. The third kappa shape index (κ3) is 5.23. The van der Waals surface area contributed by atoms with Crippen molar-refractivity contribution in [3.8, 4) is 29.0 Å². The van der Waals surface area contributed by atoms with Gasteiger partial charge in [-0.2, -0.15) is 10.5 Å². The van der Waals surface area contributed by atoms with Crippen molar-refractivity contribution in [2.24, 2.45) is 0 Å². The number of ether oxygens (including phenoxy) is 1. The number of carbonyl (C=O) groups is 2. The van der Waals surface area contributed by atoms with Crippen molar-refractivity contribution in [3.63, 3.8) is 0 Å². The van der Waals surface area contributed by atoms with Gasteiger partial charge < -0.3 is 15.2 Å². The van der Waals surface area contributed by atoms with Crippen LogP contribution in [0.3, 0.4) is 0 Å². The van der Waals surface area contributed by atoms with Gasteiger partial charge in [-0.05, 0) is 41.0 Å². The lowest BCUT2D eigenvalue weighted by Crippen LogP contribution is -2.73. The normalized spacial score (nSPS) is 14.5. The summed E-state index contributed by atoms with van der Waals surface area (Å²) in [5.41, 5.74) is 1.98. The van der Waals surface area contributed by atoms with Gasteiger partial charge in [0.25, 0.3) is 5.91 Å². The van der Waals surface area contributed by atoms with Crippen molar-refractivity contribution in [1.82, 2.24) is 10.2 Å². The number of hydrogen-bond acceptors (Lipinski definition) is 5. The first kappa shape index (κ1) is 23.3. The number of nitrogens with one attached hydrogen (secondary N) is 1. The quantitative estimate of drug-likeness (QED) is 0.548. The molecule has 4 rings (SSSR count). The molecule has 1 saturated heterocycles. The van der Waals surface area contributed by atoms with Gasteiger partial charge in [-0.15, -0.1) is 0 Å². The molecule has 1 heterocycles. The Morgan fingerprint density at radius 1 is 0.971 bits per heavy atom. The molecule has 3 aromatic carbocycles. The first-order valence-corrected chi connectivity index (χ1v) is 10.9. The molecule has 0 saturated carbocycles. The van der Waals surface area contributed by atoms with Gasteiger partial charge in [0, 0.05) is 6.42 Å². The Balaban J connectivity index is 1.43. The Bertz CT molecular complexity index is 1290. The van der Waals surface area contributed by atoms with Crippen molar-refractivity contribution < 1.29 is 19.4 Å². The van der Waals surface area contributed by atoms with Gasteiger partial charge in [0.05, 0.1) is 30.8 Å². The maximum Gasteiger partial charge on any atom is 0.407 e. The fourth-order valence-electron chi connectivity index (χ4n) is 3.90. The molecule has 8 heteroatoms. The molecule has 35 heavy (non-hydrogen) atoms. The smallest absolute Gasteiger partial charge is 0.407 e. The number of carbonyl (C=O) groups excluding carboxylic acids is 1. The summed E-state index contributed by atoms with van der Waals surface area (Å²) in [5.74, 6) is -0.0841. The van der Waals surface area contributed by atoms with E-state index in [2.05, 4.69) is 17.5 Å². The van der Waals surface area contributed by atoms with E-state index in [1.165, 1.54) is 0 Å². The fourth-order valence-corrected chi connectivity index (χ4v) is 3.90. The van der Waals surface area contributed by atoms with Crippen molar-refractivity contribution in [2.75, 3.05) is 13.1 Å². The van der Waals surface area contributed by atoms with Crippen molar-refractivity contribution in [1.29, 1.82) is 10.5 Å². The first-order chi connectivity index (χ1) is 16.9. The molecule has 0 aromatic heterocycles. The molecule has 3 aromatic rings. The van der Waals surface area contributed by atoms with Crippen LogP contribution in [0.1, 0.15) is 11.1 Å². The summed E-state index contributed by atoms with van der Waals surface area (Å²) in [5, 5.41) is 30.6. The van der Waals surface area contributed by atoms with E-state index in [0.29, 0.717) is 11.3 Å². The van der Waals surface area contributed by atoms with E-state index >= 15 is 0 Å². The standard InChI is InChI=1S/C27H22N4O4/c28-15-20-8-12-22(13-9-20)21-10-6-19(7-11-21)14-23(16-29)30-25(32)27(17-31(18-27)26(33)34)35-24-4-2-1-3-5-24/h1-13,23H,14,17-18H2,(H,30,32)(H,33,34)/t23-/m0/s1. The molecule has 8 nitrogen and oxygen atoms in total. The fraction of sp³-hybridized carbons (Fsp3) is 0.185. The maximum atomic E-state index is 13.1. The van der Waals surface area contributed by atoms with Crippen LogP contribution in [0.2, 0.25) is 0 Å². The summed E-state index contributed by atoms with van der Waals surface area (Å²) in [6, 6.07) is 26.9. The van der Waals surface area contributed by atoms with Gasteiger partial charge in [0.2, 0.25) is 5.60 Å². The van der Waals surface area contributed by atoms with Crippen molar-refractivity contribution >= 4 is 12.0 Å². The number of carboxylic acid groups (broad SMARTS) is 1. The molecule has 2 amide bonds. The van der Waals surface area contributed by atoms with Crippen LogP contribution in [-0.4, -0.2) is 46.7 Å². The number of para-hydroxylation sites is 1. The molecule has 1 atom stereocenters. The molecule has 0 spiro atoms. The van der Waals surface area contributed by atoms with Crippen LogP contribution in [0, 0.1) is 22.7 Å². The molecule has 174 valence electrons. The number of nitriles is 2. The summed E-state index contributed by atoms with van der Waals surface area (Å²) in [4.78, 5) is 25.5. The average molecular weight is 466 g/mol. The van der Waals surface area contributed by atoms with E-state index in [1.807, 2.05) is 42.5 Å². The summed E-state index contributed by atoms with van der Waals surface area (Å²) in [7, 11) is 0. The van der Waals surface area contributed by atoms with Crippen molar-refractivity contribution in [2.45, 2.75) is 18.1 Å². The predicted octanol–water partition coefficient (Wildman–Crippen LogP) is 3.59. The minimum absolute atomic E-state index is 0.125. The van der Waals surface area contributed by atoms with Crippen LogP contribution in [0.4, 0.5) is 4.79 Å². The van der Waals surface area contributed by atoms with E-state index in [0.717, 1.165) is 21.6 Å². The zero-order valence-corrected chi connectivity index (χ0v) is 18.7. The first-order valence-electron chi connectivity index (χ1n) is 10.9. The third-order valence-electron chi connectivity index (χ3n) is 5.84. The molecule has 1 aliphatic heterocycles. The molecule has 0 bridgehead atoms. The zero-order chi connectivity index (χ0) is 24.8. The maximum absolute atomic E-state index is 13.1. The molecule has 0 aliphatic carbocycles. The SMILES string of the molecule is N#Cc1ccc(-c2ccc(C[C@@H](C#N)NC(=O)C3(Oc4ccccc4)CN(C(=O)O)C3)cc2)cc1. The molecular weight excluding hydrogens is 444 g/mol. The Kier molecular flexibility index (Phi) is 6.66. The van der Waals surface area contributed by atoms with E-state index in [4.69, 9.17) is 10.00 Å². The zero-order valence-electron chi connectivity index (χ0n) is 18.7. The number of likely N-dealkylation sites (tertiary alicyclic amines) is 1. The second kappa shape index (κ2) is 9.98. The van der Waals surface area contributed by atoms with Crippen LogP contribution < -0.4 is 10.1 Å². The lowest BCUT2D eigenvalue weighted by atomic mass is 9.92. The Hall–Kier alpha value is -4.82. The van der Waals surface area contributed by atoms with Gasteiger partial charge in [0.1, 0.15) is 11.8 Å². The van der Waals surface area contributed by atoms with E-state index in [-0.39, 0.29) is 19.5 Å². The summed E-state index contributed by atoms with van der Waals surface area (Å²) >= 11 is 0. The molecule has 2 N–H and O–H groups in total. The Labute approximate surface area is 202 Å².